The van der Waals surface area contributed by atoms with Gasteiger partial charge in [-0.1, -0.05) is 0 Å². The quantitative estimate of drug-likeness (QED) is 0.193. The number of carbonyl (C=O) groups is 3. The van der Waals surface area contributed by atoms with Crippen molar-refractivity contribution in [3.63, 3.8) is 0 Å². The van der Waals surface area contributed by atoms with E-state index >= 15 is 0 Å². The van der Waals surface area contributed by atoms with E-state index in [-0.39, 0.29) is 18.3 Å². The number of nitrogens with two attached hydrogens (primary N) is 2. The molecule has 1 rings (SSSR count). The maximum Gasteiger partial charge on any atom is 0.352 e. The number of anilines is 1. The molecule has 0 aliphatic carbocycles. The fourth-order valence-corrected chi connectivity index (χ4v) is 1.48. The SMILES string of the molecule is Nc1ccc([N+](=O)[O-])c(C(=O)OC(=O)CC[C@H](N)C(=O)[O-])c1.[NH4+]. The Balaban J connectivity index is 0.00000484. The molecular formula is C12H16N4O7. The normalized spacial score (nSPS) is 11.0. The van der Waals surface area contributed by atoms with Crippen LogP contribution in [0.5, 0.6) is 0 Å². The number of quaternary nitrogens is 1. The molecule has 0 saturated heterocycles. The first kappa shape index (κ1) is 19.9. The molecule has 23 heavy (non-hydrogen) atoms. The molecule has 0 saturated carbocycles. The zero-order valence-corrected chi connectivity index (χ0v) is 12.2. The molecular weight excluding hydrogens is 312 g/mol. The number of nitrogen functional groups attached to an aromatic ring is 1. The molecule has 0 radical (unpaired) electrons. The third-order valence-electron chi connectivity index (χ3n) is 2.61. The van der Waals surface area contributed by atoms with E-state index in [1.165, 1.54) is 6.07 Å². The number of nitro benzene ring substituents is 1. The van der Waals surface area contributed by atoms with Gasteiger partial charge < -0.3 is 32.3 Å². The number of aliphatic carboxylic acids is 1. The molecule has 0 bridgehead atoms. The predicted molar refractivity (Wildman–Crippen MR) is 76.1 cm³/mol. The van der Waals surface area contributed by atoms with Crippen LogP contribution in [0.3, 0.4) is 0 Å². The smallest absolute Gasteiger partial charge is 0.352 e. The summed E-state index contributed by atoms with van der Waals surface area (Å²) >= 11 is 0. The number of hydrogen-bond donors (Lipinski definition) is 3. The highest BCUT2D eigenvalue weighted by Crippen LogP contribution is 2.22. The number of carboxylic acid groups (broad SMARTS) is 1. The third kappa shape index (κ3) is 5.68. The number of benzene rings is 1. The number of rotatable bonds is 6. The van der Waals surface area contributed by atoms with Gasteiger partial charge in [0.25, 0.3) is 5.69 Å². The summed E-state index contributed by atoms with van der Waals surface area (Å²) in [7, 11) is 0. The molecule has 0 unspecified atom stereocenters. The molecule has 0 amide bonds. The monoisotopic (exact) mass is 328 g/mol. The van der Waals surface area contributed by atoms with E-state index in [0.717, 1.165) is 12.1 Å². The van der Waals surface area contributed by atoms with Crippen LogP contribution in [0.4, 0.5) is 11.4 Å². The summed E-state index contributed by atoms with van der Waals surface area (Å²) in [4.78, 5) is 43.5. The summed E-state index contributed by atoms with van der Waals surface area (Å²) in [6, 6.07) is 1.84. The van der Waals surface area contributed by atoms with Crippen molar-refractivity contribution in [3.05, 3.63) is 33.9 Å². The van der Waals surface area contributed by atoms with Crippen molar-refractivity contribution in [2.24, 2.45) is 5.73 Å². The second kappa shape index (κ2) is 8.41. The Labute approximate surface area is 129 Å². The van der Waals surface area contributed by atoms with Crippen molar-refractivity contribution in [1.82, 2.24) is 6.15 Å². The lowest BCUT2D eigenvalue weighted by molar-refractivity contribution is -0.385. The van der Waals surface area contributed by atoms with E-state index in [1.54, 1.807) is 0 Å². The summed E-state index contributed by atoms with van der Waals surface area (Å²) in [5, 5.41) is 21.2. The van der Waals surface area contributed by atoms with Gasteiger partial charge in [0, 0.05) is 24.2 Å². The van der Waals surface area contributed by atoms with Gasteiger partial charge in [0.2, 0.25) is 0 Å². The minimum Gasteiger partial charge on any atom is -0.548 e. The number of hydrogen-bond acceptors (Lipinski definition) is 9. The Kier molecular flexibility index (Phi) is 7.29. The first-order valence-electron chi connectivity index (χ1n) is 5.97. The second-order valence-corrected chi connectivity index (χ2v) is 4.26. The highest BCUT2D eigenvalue weighted by atomic mass is 16.6. The summed E-state index contributed by atoms with van der Waals surface area (Å²) in [5.74, 6) is -3.88. The van der Waals surface area contributed by atoms with Crippen LogP contribution in [0, 0.1) is 10.1 Å². The Hall–Kier alpha value is -3.05. The predicted octanol–water partition coefficient (Wildman–Crippen LogP) is -0.906. The Bertz CT molecular complexity index is 632. The maximum absolute atomic E-state index is 11.7. The minimum absolute atomic E-state index is 0. The van der Waals surface area contributed by atoms with Gasteiger partial charge >= 0.3 is 11.9 Å². The first-order valence-corrected chi connectivity index (χ1v) is 5.97. The van der Waals surface area contributed by atoms with E-state index < -0.39 is 46.5 Å². The van der Waals surface area contributed by atoms with Crippen molar-refractivity contribution in [1.29, 1.82) is 0 Å². The number of esters is 2. The molecule has 0 aliphatic rings. The highest BCUT2D eigenvalue weighted by molar-refractivity contribution is 6.00. The van der Waals surface area contributed by atoms with E-state index in [2.05, 4.69) is 4.74 Å². The van der Waals surface area contributed by atoms with Crippen molar-refractivity contribution < 1.29 is 29.2 Å². The maximum atomic E-state index is 11.7. The molecule has 0 aromatic heterocycles. The molecule has 1 aromatic carbocycles. The highest BCUT2D eigenvalue weighted by Gasteiger charge is 2.24. The van der Waals surface area contributed by atoms with Crippen molar-refractivity contribution in [2.45, 2.75) is 18.9 Å². The lowest BCUT2D eigenvalue weighted by Gasteiger charge is -2.11. The zero-order valence-electron chi connectivity index (χ0n) is 12.2. The molecule has 11 nitrogen and oxygen atoms in total. The average molecular weight is 328 g/mol. The van der Waals surface area contributed by atoms with Gasteiger partial charge in [0.1, 0.15) is 5.56 Å². The Morgan fingerprint density at radius 2 is 1.91 bits per heavy atom. The zero-order chi connectivity index (χ0) is 16.9. The summed E-state index contributed by atoms with van der Waals surface area (Å²) in [6.45, 7) is 0. The number of ether oxygens (including phenoxy) is 1. The number of nitro groups is 1. The molecule has 0 aliphatic heterocycles. The molecule has 1 aromatic rings. The van der Waals surface area contributed by atoms with Gasteiger partial charge in [-0.15, -0.1) is 0 Å². The second-order valence-electron chi connectivity index (χ2n) is 4.26. The van der Waals surface area contributed by atoms with Crippen LogP contribution in [-0.2, 0) is 14.3 Å². The minimum atomic E-state index is -1.55. The van der Waals surface area contributed by atoms with Crippen molar-refractivity contribution >= 4 is 29.3 Å². The Morgan fingerprint density at radius 3 is 2.43 bits per heavy atom. The summed E-state index contributed by atoms with van der Waals surface area (Å²) < 4.78 is 4.41. The summed E-state index contributed by atoms with van der Waals surface area (Å²) in [6.07, 6.45) is -0.759. The Morgan fingerprint density at radius 1 is 1.30 bits per heavy atom. The van der Waals surface area contributed by atoms with Gasteiger partial charge in [-0.2, -0.15) is 0 Å². The van der Waals surface area contributed by atoms with Gasteiger partial charge in [-0.3, -0.25) is 14.9 Å². The van der Waals surface area contributed by atoms with Crippen molar-refractivity contribution in [2.75, 3.05) is 5.73 Å². The topological polar surface area (TPSA) is 215 Å². The van der Waals surface area contributed by atoms with E-state index in [9.17, 15) is 29.6 Å². The van der Waals surface area contributed by atoms with Crippen LogP contribution in [-0.4, -0.2) is 28.9 Å². The molecule has 8 N–H and O–H groups in total. The molecule has 0 heterocycles. The molecule has 126 valence electrons. The third-order valence-corrected chi connectivity index (χ3v) is 2.61. The van der Waals surface area contributed by atoms with Gasteiger partial charge in [0.05, 0.1) is 10.9 Å². The van der Waals surface area contributed by atoms with Crippen LogP contribution in [0.15, 0.2) is 18.2 Å². The van der Waals surface area contributed by atoms with Gasteiger partial charge in [-0.05, 0) is 18.6 Å². The van der Waals surface area contributed by atoms with Gasteiger partial charge in [-0.25, -0.2) is 4.79 Å². The van der Waals surface area contributed by atoms with Crippen LogP contribution in [0.25, 0.3) is 0 Å². The van der Waals surface area contributed by atoms with E-state index in [0.29, 0.717) is 0 Å². The number of carboxylic acids is 1. The van der Waals surface area contributed by atoms with Crippen LogP contribution in [0.1, 0.15) is 23.2 Å². The number of carbonyl (C=O) groups excluding carboxylic acids is 3. The lowest BCUT2D eigenvalue weighted by Crippen LogP contribution is -2.42. The van der Waals surface area contributed by atoms with Crippen molar-refractivity contribution in [3.8, 4) is 0 Å². The average Bonchev–Trinajstić information content (AvgIpc) is 2.43. The molecule has 0 spiro atoms. The first-order chi connectivity index (χ1) is 10.2. The van der Waals surface area contributed by atoms with E-state index in [1.807, 2.05) is 0 Å². The molecule has 1 atom stereocenters. The van der Waals surface area contributed by atoms with Crippen LogP contribution < -0.4 is 22.7 Å². The fraction of sp³-hybridized carbons (Fsp3) is 0.250. The number of nitrogens with zero attached hydrogens (tertiary/aromatic N) is 1. The standard InChI is InChI=1S/C12H13N3O7.H3N/c13-6-1-3-9(15(20)21)7(5-6)12(19)22-10(16)4-2-8(14)11(17)18;/h1,3,5,8H,2,4,13-14H2,(H,17,18);1H3/t8-;/m0./s1. The van der Waals surface area contributed by atoms with Crippen LogP contribution in [0.2, 0.25) is 0 Å². The van der Waals surface area contributed by atoms with E-state index in [4.69, 9.17) is 11.5 Å². The van der Waals surface area contributed by atoms with Crippen LogP contribution >= 0.6 is 0 Å². The summed E-state index contributed by atoms with van der Waals surface area (Å²) in [5.41, 5.74) is 9.57. The molecule has 11 heteroatoms. The largest absolute Gasteiger partial charge is 0.548 e. The molecule has 0 fully saturated rings. The fourth-order valence-electron chi connectivity index (χ4n) is 1.48. The lowest BCUT2D eigenvalue weighted by atomic mass is 10.1. The van der Waals surface area contributed by atoms with Gasteiger partial charge in [0.15, 0.2) is 0 Å².